The largest absolute Gasteiger partial charge is 0.473 e. The Morgan fingerprint density at radius 2 is 1.45 bits per heavy atom. The molecule has 3 rings (SSSR count). The van der Waals surface area contributed by atoms with Gasteiger partial charge in [-0.25, -0.2) is 4.79 Å². The fourth-order valence-electron chi connectivity index (χ4n) is 2.10. The second kappa shape index (κ2) is 6.17. The zero-order valence-corrected chi connectivity index (χ0v) is 13.9. The molecule has 7 heteroatoms. The Balaban J connectivity index is 1.97. The minimum atomic E-state index is -0.833. The predicted molar refractivity (Wildman–Crippen MR) is 86.7 cm³/mol. The molecule has 0 aliphatic carbocycles. The number of carbonyl (C=O) groups excluding carboxylic acids is 1. The molecular formula is C15H8Cl4O3. The van der Waals surface area contributed by atoms with E-state index in [0.717, 1.165) is 5.56 Å². The van der Waals surface area contributed by atoms with Crippen molar-refractivity contribution >= 4 is 52.4 Å². The lowest BCUT2D eigenvalue weighted by molar-refractivity contribution is -0.145. The number of halogens is 4. The molecule has 2 aromatic rings. The SMILES string of the molecule is O=C1Oc2c(Cl)c(Cl)c(Cl)c(Cl)c2O[C@@H]1Cc1ccccc1. The van der Waals surface area contributed by atoms with Crippen LogP contribution in [0.3, 0.4) is 0 Å². The van der Waals surface area contributed by atoms with Gasteiger partial charge in [-0.3, -0.25) is 0 Å². The van der Waals surface area contributed by atoms with Crippen LogP contribution in [0.1, 0.15) is 5.56 Å². The summed E-state index contributed by atoms with van der Waals surface area (Å²) in [6.07, 6.45) is -0.492. The Labute approximate surface area is 146 Å². The maximum Gasteiger partial charge on any atom is 0.353 e. The lowest BCUT2D eigenvalue weighted by atomic mass is 10.1. The highest BCUT2D eigenvalue weighted by atomic mass is 35.5. The molecule has 1 aliphatic rings. The van der Waals surface area contributed by atoms with E-state index in [1.165, 1.54) is 0 Å². The van der Waals surface area contributed by atoms with E-state index in [2.05, 4.69) is 0 Å². The first-order valence-electron chi connectivity index (χ1n) is 6.27. The summed E-state index contributed by atoms with van der Waals surface area (Å²) in [4.78, 5) is 12.1. The van der Waals surface area contributed by atoms with E-state index in [-0.39, 0.29) is 31.6 Å². The molecule has 0 saturated heterocycles. The molecule has 0 N–H and O–H groups in total. The average Bonchev–Trinajstić information content (AvgIpc) is 2.53. The molecule has 0 unspecified atom stereocenters. The zero-order chi connectivity index (χ0) is 15.9. The van der Waals surface area contributed by atoms with Crippen LogP contribution in [0.4, 0.5) is 0 Å². The van der Waals surface area contributed by atoms with Crippen molar-refractivity contribution in [3.05, 3.63) is 56.0 Å². The molecule has 0 spiro atoms. The van der Waals surface area contributed by atoms with Gasteiger partial charge in [-0.2, -0.15) is 0 Å². The highest BCUT2D eigenvalue weighted by Gasteiger charge is 2.35. The fourth-order valence-corrected chi connectivity index (χ4v) is 3.00. The standard InChI is InChI=1S/C15H8Cl4O3/c16-9-10(17)12(19)14-13(11(9)18)21-8(15(20)22-14)6-7-4-2-1-3-5-7/h1-5,8H,6H2/t8-/m1/s1. The number of hydrogen-bond donors (Lipinski definition) is 0. The van der Waals surface area contributed by atoms with Crippen molar-refractivity contribution in [2.75, 3.05) is 0 Å². The smallest absolute Gasteiger partial charge is 0.353 e. The van der Waals surface area contributed by atoms with Crippen molar-refractivity contribution in [2.45, 2.75) is 12.5 Å². The second-order valence-electron chi connectivity index (χ2n) is 4.63. The summed E-state index contributed by atoms with van der Waals surface area (Å²) in [5.74, 6) is -0.440. The van der Waals surface area contributed by atoms with E-state index in [0.29, 0.717) is 6.42 Å². The van der Waals surface area contributed by atoms with Gasteiger partial charge in [0.2, 0.25) is 6.10 Å². The Hall–Kier alpha value is -1.13. The number of carbonyl (C=O) groups is 1. The summed E-state index contributed by atoms with van der Waals surface area (Å²) >= 11 is 24.1. The van der Waals surface area contributed by atoms with Crippen molar-refractivity contribution in [3.8, 4) is 11.5 Å². The Morgan fingerprint density at radius 1 is 0.864 bits per heavy atom. The van der Waals surface area contributed by atoms with Gasteiger partial charge in [-0.05, 0) is 5.56 Å². The van der Waals surface area contributed by atoms with Gasteiger partial charge in [0.25, 0.3) is 0 Å². The van der Waals surface area contributed by atoms with Gasteiger partial charge in [0, 0.05) is 6.42 Å². The van der Waals surface area contributed by atoms with E-state index in [9.17, 15) is 4.79 Å². The molecule has 0 fully saturated rings. The van der Waals surface area contributed by atoms with Crippen LogP contribution in [0.5, 0.6) is 11.5 Å². The number of benzene rings is 2. The van der Waals surface area contributed by atoms with Gasteiger partial charge in [0.05, 0.1) is 10.0 Å². The fraction of sp³-hybridized carbons (Fsp3) is 0.133. The first kappa shape index (κ1) is 15.8. The van der Waals surface area contributed by atoms with Crippen LogP contribution >= 0.6 is 46.4 Å². The van der Waals surface area contributed by atoms with E-state index < -0.39 is 12.1 Å². The van der Waals surface area contributed by atoms with Gasteiger partial charge >= 0.3 is 5.97 Å². The Bertz CT molecular complexity index is 746. The maximum absolute atomic E-state index is 12.1. The summed E-state index contributed by atoms with van der Waals surface area (Å²) in [6, 6.07) is 9.40. The van der Waals surface area contributed by atoms with Crippen molar-refractivity contribution in [3.63, 3.8) is 0 Å². The molecule has 1 atom stereocenters. The molecule has 0 amide bonds. The third kappa shape index (κ3) is 2.74. The summed E-state index contributed by atoms with van der Waals surface area (Å²) < 4.78 is 10.9. The lowest BCUT2D eigenvalue weighted by Gasteiger charge is -2.26. The monoisotopic (exact) mass is 376 g/mol. The molecule has 114 valence electrons. The first-order valence-corrected chi connectivity index (χ1v) is 7.78. The number of rotatable bonds is 2. The van der Waals surface area contributed by atoms with Crippen molar-refractivity contribution in [1.29, 1.82) is 0 Å². The summed E-state index contributed by atoms with van der Waals surface area (Å²) in [5.41, 5.74) is 0.926. The lowest BCUT2D eigenvalue weighted by Crippen LogP contribution is -2.37. The second-order valence-corrected chi connectivity index (χ2v) is 6.14. The molecule has 0 bridgehead atoms. The number of esters is 1. The van der Waals surface area contributed by atoms with E-state index in [4.69, 9.17) is 55.9 Å². The zero-order valence-electron chi connectivity index (χ0n) is 10.9. The summed E-state index contributed by atoms with van der Waals surface area (Å²) in [5, 5.41) is 0.141. The quantitative estimate of drug-likeness (QED) is 0.312. The highest BCUT2D eigenvalue weighted by Crippen LogP contribution is 2.52. The summed E-state index contributed by atoms with van der Waals surface area (Å²) in [7, 11) is 0. The molecule has 1 heterocycles. The topological polar surface area (TPSA) is 35.5 Å². The molecule has 0 saturated carbocycles. The first-order chi connectivity index (χ1) is 10.5. The van der Waals surface area contributed by atoms with Gasteiger partial charge in [-0.1, -0.05) is 76.7 Å². The third-order valence-corrected chi connectivity index (χ3v) is 4.94. The molecule has 1 aliphatic heterocycles. The van der Waals surface area contributed by atoms with Crippen molar-refractivity contribution in [1.82, 2.24) is 0 Å². The molecule has 0 radical (unpaired) electrons. The van der Waals surface area contributed by atoms with Crippen LogP contribution < -0.4 is 9.47 Å². The third-order valence-electron chi connectivity index (χ3n) is 3.17. The number of fused-ring (bicyclic) bond motifs is 1. The maximum atomic E-state index is 12.1. The van der Waals surface area contributed by atoms with E-state index >= 15 is 0 Å². The van der Waals surface area contributed by atoms with E-state index in [1.807, 2.05) is 30.3 Å². The van der Waals surface area contributed by atoms with Crippen LogP contribution in [-0.4, -0.2) is 12.1 Å². The van der Waals surface area contributed by atoms with Crippen LogP contribution in [0.2, 0.25) is 20.1 Å². The van der Waals surface area contributed by atoms with Crippen LogP contribution in [-0.2, 0) is 11.2 Å². The van der Waals surface area contributed by atoms with Crippen LogP contribution in [0.15, 0.2) is 30.3 Å². The molecule has 2 aromatic carbocycles. The Kier molecular flexibility index (Phi) is 4.42. The number of ether oxygens (including phenoxy) is 2. The van der Waals surface area contributed by atoms with Crippen molar-refractivity contribution < 1.29 is 14.3 Å². The average molecular weight is 378 g/mol. The normalized spacial score (nSPS) is 16.7. The van der Waals surface area contributed by atoms with E-state index in [1.54, 1.807) is 0 Å². The van der Waals surface area contributed by atoms with Gasteiger partial charge in [0.15, 0.2) is 11.5 Å². The Morgan fingerprint density at radius 3 is 2.09 bits per heavy atom. The van der Waals surface area contributed by atoms with Crippen LogP contribution in [0, 0.1) is 0 Å². The van der Waals surface area contributed by atoms with Gasteiger partial charge < -0.3 is 9.47 Å². The van der Waals surface area contributed by atoms with Crippen molar-refractivity contribution in [2.24, 2.45) is 0 Å². The molecule has 3 nitrogen and oxygen atoms in total. The molecular weight excluding hydrogens is 370 g/mol. The molecule has 22 heavy (non-hydrogen) atoms. The minimum Gasteiger partial charge on any atom is -0.473 e. The van der Waals surface area contributed by atoms with Gasteiger partial charge in [-0.15, -0.1) is 0 Å². The number of hydrogen-bond acceptors (Lipinski definition) is 3. The predicted octanol–water partition coefficient (Wildman–Crippen LogP) is 5.21. The minimum absolute atomic E-state index is 0.00224. The highest BCUT2D eigenvalue weighted by molar-refractivity contribution is 6.53. The van der Waals surface area contributed by atoms with Gasteiger partial charge in [0.1, 0.15) is 10.0 Å². The van der Waals surface area contributed by atoms with Crippen LogP contribution in [0.25, 0.3) is 0 Å². The summed E-state index contributed by atoms with van der Waals surface area (Å²) in [6.45, 7) is 0. The molecule has 0 aromatic heterocycles.